The zero-order valence-corrected chi connectivity index (χ0v) is 16.6. The van der Waals surface area contributed by atoms with Crippen molar-refractivity contribution in [1.29, 1.82) is 0 Å². The molecule has 0 fully saturated rings. The number of rotatable bonds is 6. The summed E-state index contributed by atoms with van der Waals surface area (Å²) in [6, 6.07) is 13.9. The molecule has 0 unspecified atom stereocenters. The first-order chi connectivity index (χ1) is 14.0. The van der Waals surface area contributed by atoms with Gasteiger partial charge in [-0.1, -0.05) is 42.1 Å². The van der Waals surface area contributed by atoms with E-state index in [4.69, 9.17) is 0 Å². The van der Waals surface area contributed by atoms with Crippen molar-refractivity contribution >= 4 is 29.3 Å². The zero-order chi connectivity index (χ0) is 20.8. The van der Waals surface area contributed by atoms with Crippen LogP contribution in [0.1, 0.15) is 22.8 Å². The molecule has 0 radical (unpaired) electrons. The summed E-state index contributed by atoms with van der Waals surface area (Å²) in [6.45, 7) is 1.39. The van der Waals surface area contributed by atoms with Crippen LogP contribution in [0.15, 0.2) is 58.5 Å². The topological polar surface area (TPSA) is 114 Å². The Morgan fingerprint density at radius 1 is 1.10 bits per heavy atom. The van der Waals surface area contributed by atoms with Crippen LogP contribution in [0.2, 0.25) is 0 Å². The number of nitrogens with zero attached hydrogens (tertiary/aromatic N) is 2. The summed E-state index contributed by atoms with van der Waals surface area (Å²) in [5.41, 5.74) is 2.13. The fourth-order valence-corrected chi connectivity index (χ4v) is 3.32. The van der Waals surface area contributed by atoms with Gasteiger partial charge in [0.05, 0.1) is 18.4 Å². The molecule has 148 valence electrons. The number of aromatic nitrogens is 3. The number of nitrogens with one attached hydrogen (secondary N) is 2. The lowest BCUT2D eigenvalue weighted by molar-refractivity contribution is -0.114. The summed E-state index contributed by atoms with van der Waals surface area (Å²) in [5, 5.41) is 11.2. The number of anilines is 1. The molecule has 0 saturated heterocycles. The van der Waals surface area contributed by atoms with E-state index in [0.717, 1.165) is 5.56 Å². The minimum atomic E-state index is -0.402. The molecule has 8 nitrogen and oxygen atoms in total. The minimum Gasteiger partial charge on any atom is -0.465 e. The van der Waals surface area contributed by atoms with E-state index in [2.05, 4.69) is 25.2 Å². The maximum atomic E-state index is 12.5. The number of thioether (sulfide) groups is 1. The van der Waals surface area contributed by atoms with Crippen LogP contribution < -0.4 is 10.9 Å². The Kier molecular flexibility index (Phi) is 6.40. The molecule has 3 aromatic rings. The number of amides is 1. The zero-order valence-electron chi connectivity index (χ0n) is 15.8. The van der Waals surface area contributed by atoms with E-state index in [1.807, 2.05) is 12.1 Å². The highest BCUT2D eigenvalue weighted by Gasteiger charge is 2.13. The Morgan fingerprint density at radius 3 is 2.48 bits per heavy atom. The van der Waals surface area contributed by atoms with Gasteiger partial charge in [-0.05, 0) is 23.8 Å². The van der Waals surface area contributed by atoms with E-state index in [-0.39, 0.29) is 11.6 Å². The summed E-state index contributed by atoms with van der Waals surface area (Å²) in [4.78, 5) is 38.1. The van der Waals surface area contributed by atoms with Gasteiger partial charge in [0.2, 0.25) is 5.91 Å². The Balaban J connectivity index is 1.74. The second-order valence-corrected chi connectivity index (χ2v) is 6.98. The van der Waals surface area contributed by atoms with Crippen LogP contribution in [0.4, 0.5) is 5.69 Å². The molecule has 0 aliphatic heterocycles. The highest BCUT2D eigenvalue weighted by molar-refractivity contribution is 7.98. The highest BCUT2D eigenvalue weighted by Crippen LogP contribution is 2.24. The summed E-state index contributed by atoms with van der Waals surface area (Å²) in [5.74, 6) is -0.102. The summed E-state index contributed by atoms with van der Waals surface area (Å²) in [6.07, 6.45) is 0. The third-order valence-corrected chi connectivity index (χ3v) is 4.85. The van der Waals surface area contributed by atoms with Crippen LogP contribution in [0.3, 0.4) is 0 Å². The molecule has 0 atom stereocenters. The van der Waals surface area contributed by atoms with Gasteiger partial charge in [-0.15, -0.1) is 10.2 Å². The smallest absolute Gasteiger partial charge is 0.337 e. The van der Waals surface area contributed by atoms with Gasteiger partial charge in [-0.2, -0.15) is 0 Å². The van der Waals surface area contributed by atoms with E-state index in [1.165, 1.54) is 25.8 Å². The standard InChI is InChI=1S/C20H18N4O4S/c1-12(25)21-16-6-4-3-5-15(16)17-18(26)22-20(24-23-17)29-11-13-7-9-14(10-8-13)19(27)28-2/h3-10H,11H2,1-2H3,(H,21,25)(H,22,24,26). The molecule has 0 bridgehead atoms. The molecular formula is C20H18N4O4S. The van der Waals surface area contributed by atoms with Gasteiger partial charge in [0.15, 0.2) is 10.9 Å². The SMILES string of the molecule is COC(=O)c1ccc(CSc2nnc(-c3ccccc3NC(C)=O)c(=O)[nH]2)cc1. The van der Waals surface area contributed by atoms with Gasteiger partial charge >= 0.3 is 5.97 Å². The van der Waals surface area contributed by atoms with E-state index in [0.29, 0.717) is 27.7 Å². The Labute approximate surface area is 170 Å². The van der Waals surface area contributed by atoms with E-state index in [9.17, 15) is 14.4 Å². The second-order valence-electron chi connectivity index (χ2n) is 6.01. The van der Waals surface area contributed by atoms with E-state index < -0.39 is 11.5 Å². The average Bonchev–Trinajstić information content (AvgIpc) is 2.72. The maximum Gasteiger partial charge on any atom is 0.337 e. The number of H-pyrrole nitrogens is 1. The average molecular weight is 410 g/mol. The normalized spacial score (nSPS) is 10.4. The summed E-state index contributed by atoms with van der Waals surface area (Å²) in [7, 11) is 1.33. The lowest BCUT2D eigenvalue weighted by Crippen LogP contribution is -2.16. The van der Waals surface area contributed by atoms with Crippen LogP contribution >= 0.6 is 11.8 Å². The predicted octanol–water partition coefficient (Wildman–Crippen LogP) is 2.87. The molecule has 0 saturated carbocycles. The van der Waals surface area contributed by atoms with E-state index in [1.54, 1.807) is 36.4 Å². The largest absolute Gasteiger partial charge is 0.465 e. The molecular weight excluding hydrogens is 392 g/mol. The fourth-order valence-electron chi connectivity index (χ4n) is 2.56. The summed E-state index contributed by atoms with van der Waals surface area (Å²) < 4.78 is 4.67. The van der Waals surface area contributed by atoms with Crippen LogP contribution in [0.25, 0.3) is 11.3 Å². The van der Waals surface area contributed by atoms with Gasteiger partial charge in [-0.25, -0.2) is 4.79 Å². The lowest BCUT2D eigenvalue weighted by Gasteiger charge is -2.08. The van der Waals surface area contributed by atoms with Crippen molar-refractivity contribution < 1.29 is 14.3 Å². The van der Waals surface area contributed by atoms with Gasteiger partial charge in [0.1, 0.15) is 0 Å². The monoisotopic (exact) mass is 410 g/mol. The van der Waals surface area contributed by atoms with Gasteiger partial charge < -0.3 is 10.1 Å². The first-order valence-corrected chi connectivity index (χ1v) is 9.60. The van der Waals surface area contributed by atoms with Crippen LogP contribution in [0.5, 0.6) is 0 Å². The number of esters is 1. The summed E-state index contributed by atoms with van der Waals surface area (Å²) >= 11 is 1.31. The quantitative estimate of drug-likeness (QED) is 0.474. The predicted molar refractivity (Wildman–Crippen MR) is 110 cm³/mol. The number of carbonyl (C=O) groups is 2. The number of aromatic amines is 1. The van der Waals surface area contributed by atoms with Crippen LogP contribution in [-0.4, -0.2) is 34.2 Å². The molecule has 2 N–H and O–H groups in total. The molecule has 0 aliphatic carbocycles. The van der Waals surface area contributed by atoms with Crippen molar-refractivity contribution in [3.63, 3.8) is 0 Å². The Bertz CT molecular complexity index is 1100. The van der Waals surface area contributed by atoms with E-state index >= 15 is 0 Å². The molecule has 3 rings (SSSR count). The highest BCUT2D eigenvalue weighted by atomic mass is 32.2. The number of hydrogen-bond donors (Lipinski definition) is 2. The van der Waals surface area contributed by atoms with Crippen LogP contribution in [0, 0.1) is 0 Å². The maximum absolute atomic E-state index is 12.5. The number of carbonyl (C=O) groups excluding carboxylic acids is 2. The van der Waals surface area contributed by atoms with Gasteiger partial charge in [-0.3, -0.25) is 14.6 Å². The molecule has 29 heavy (non-hydrogen) atoms. The molecule has 0 spiro atoms. The van der Waals surface area contributed by atoms with Crippen molar-refractivity contribution in [3.05, 3.63) is 70.0 Å². The molecule has 2 aromatic carbocycles. The first-order valence-electron chi connectivity index (χ1n) is 8.62. The first kappa shape index (κ1) is 20.3. The lowest BCUT2D eigenvalue weighted by atomic mass is 10.1. The van der Waals surface area contributed by atoms with Crippen molar-refractivity contribution in [2.24, 2.45) is 0 Å². The van der Waals surface area contributed by atoms with Gasteiger partial charge in [0.25, 0.3) is 5.56 Å². The Hall–Kier alpha value is -3.46. The fraction of sp³-hybridized carbons (Fsp3) is 0.150. The van der Waals surface area contributed by atoms with Crippen molar-refractivity contribution in [3.8, 4) is 11.3 Å². The van der Waals surface area contributed by atoms with Crippen molar-refractivity contribution in [2.75, 3.05) is 12.4 Å². The third kappa shape index (κ3) is 5.08. The van der Waals surface area contributed by atoms with Crippen molar-refractivity contribution in [1.82, 2.24) is 15.2 Å². The minimum absolute atomic E-state index is 0.126. The number of benzene rings is 2. The third-order valence-electron chi connectivity index (χ3n) is 3.92. The van der Waals surface area contributed by atoms with Crippen LogP contribution in [-0.2, 0) is 15.3 Å². The number of methoxy groups -OCH3 is 1. The van der Waals surface area contributed by atoms with Crippen molar-refractivity contribution in [2.45, 2.75) is 17.8 Å². The molecule has 0 aliphatic rings. The molecule has 1 aromatic heterocycles. The number of hydrogen-bond acceptors (Lipinski definition) is 7. The molecule has 1 heterocycles. The number of ether oxygens (including phenoxy) is 1. The molecule has 1 amide bonds. The number of para-hydroxylation sites is 1. The Morgan fingerprint density at radius 2 is 1.83 bits per heavy atom. The second kappa shape index (κ2) is 9.16. The van der Waals surface area contributed by atoms with Gasteiger partial charge in [0, 0.05) is 18.2 Å². The molecule has 9 heteroatoms.